The first-order valence-corrected chi connectivity index (χ1v) is 30.7. The highest BCUT2D eigenvalue weighted by Gasteiger charge is 2.47. The van der Waals surface area contributed by atoms with Crippen LogP contribution in [0.15, 0.2) is 186 Å². The number of nitrogens with zero attached hydrogens (tertiary/aromatic N) is 3. The summed E-state index contributed by atoms with van der Waals surface area (Å²) in [4.78, 5) is 7.62. The number of ether oxygens (including phenoxy) is 4. The molecule has 1 aromatic heterocycles. The van der Waals surface area contributed by atoms with Crippen LogP contribution in [0.4, 0.5) is 51.2 Å². The molecule has 0 unspecified atom stereocenters. The topological polar surface area (TPSA) is 59.8 Å². The molecule has 9 heteroatoms. The summed E-state index contributed by atoms with van der Waals surface area (Å²) < 4.78 is 32.2. The van der Waals surface area contributed by atoms with E-state index in [-0.39, 0.29) is 23.0 Å². The van der Waals surface area contributed by atoms with Crippen molar-refractivity contribution in [1.82, 2.24) is 0 Å². The highest BCUT2D eigenvalue weighted by Crippen LogP contribution is 2.55. The second-order valence-electron chi connectivity index (χ2n) is 27.2. The molecule has 7 aliphatic rings. The summed E-state index contributed by atoms with van der Waals surface area (Å²) in [5.74, 6) is 3.86. The van der Waals surface area contributed by atoms with Gasteiger partial charge in [-0.25, -0.2) is 0 Å². The number of para-hydroxylation sites is 1. The van der Waals surface area contributed by atoms with Gasteiger partial charge < -0.3 is 38.1 Å². The number of rotatable bonds is 6. The molecule has 4 aliphatic heterocycles. The van der Waals surface area contributed by atoms with E-state index >= 15 is 0 Å². The molecule has 0 fully saturated rings. The molecular weight excluding hydrogens is 1060 g/mol. The minimum atomic E-state index is -0.236. The molecule has 18 rings (SSSR count). The minimum absolute atomic E-state index is 0.131. The van der Waals surface area contributed by atoms with E-state index < -0.39 is 0 Å². The van der Waals surface area contributed by atoms with Crippen LogP contribution in [0.2, 0.25) is 0 Å². The van der Waals surface area contributed by atoms with E-state index in [0.717, 1.165) is 122 Å². The van der Waals surface area contributed by atoms with Crippen molar-refractivity contribution in [2.45, 2.75) is 72.6 Å². The first kappa shape index (κ1) is 50.0. The Morgan fingerprint density at radius 3 is 1.79 bits per heavy atom. The van der Waals surface area contributed by atoms with Crippen molar-refractivity contribution in [2.24, 2.45) is 10.8 Å². The van der Waals surface area contributed by atoms with Crippen LogP contribution in [0, 0.1) is 10.8 Å². The van der Waals surface area contributed by atoms with Crippen molar-refractivity contribution < 1.29 is 23.4 Å². The normalized spacial score (nSPS) is 17.2. The molecule has 0 saturated carbocycles. The van der Waals surface area contributed by atoms with Crippen molar-refractivity contribution in [3.05, 3.63) is 215 Å². The Morgan fingerprint density at radius 1 is 0.407 bits per heavy atom. The van der Waals surface area contributed by atoms with E-state index in [4.69, 9.17) is 23.4 Å². The fourth-order valence-electron chi connectivity index (χ4n) is 16.0. The Kier molecular flexibility index (Phi) is 10.4. The molecule has 0 radical (unpaired) electrons. The molecule has 420 valence electrons. The van der Waals surface area contributed by atoms with Crippen LogP contribution < -0.4 is 50.0 Å². The number of hydrogen-bond donors (Lipinski definition) is 0. The molecule has 0 N–H and O–H groups in total. The van der Waals surface area contributed by atoms with E-state index in [2.05, 4.69) is 226 Å². The van der Waals surface area contributed by atoms with Crippen LogP contribution >= 0.6 is 0 Å². The van der Waals surface area contributed by atoms with Crippen molar-refractivity contribution in [1.29, 1.82) is 0 Å². The van der Waals surface area contributed by atoms with Gasteiger partial charge in [-0.15, -0.1) is 0 Å². The molecule has 11 aromatic rings. The van der Waals surface area contributed by atoms with Gasteiger partial charge in [0.2, 0.25) is 0 Å². The molecule has 8 nitrogen and oxygen atoms in total. The molecule has 0 atom stereocenters. The van der Waals surface area contributed by atoms with Gasteiger partial charge in [-0.1, -0.05) is 120 Å². The summed E-state index contributed by atoms with van der Waals surface area (Å²) in [6, 6.07) is 68.6. The lowest BCUT2D eigenvalue weighted by Gasteiger charge is -2.45. The number of benzene rings is 10. The monoisotopic (exact) mass is 1120 g/mol. The van der Waals surface area contributed by atoms with E-state index in [1.54, 1.807) is 0 Å². The second kappa shape index (κ2) is 17.9. The summed E-state index contributed by atoms with van der Waals surface area (Å²) in [5, 5.41) is 3.36. The molecule has 0 bridgehead atoms. The zero-order valence-corrected chi connectivity index (χ0v) is 49.4. The molecule has 0 amide bonds. The first-order valence-electron chi connectivity index (χ1n) is 30.7. The Balaban J connectivity index is 0.926. The van der Waals surface area contributed by atoms with E-state index in [1.807, 2.05) is 12.1 Å². The predicted molar refractivity (Wildman–Crippen MR) is 350 cm³/mol. The number of anilines is 9. The van der Waals surface area contributed by atoms with Gasteiger partial charge in [0.25, 0.3) is 6.71 Å². The van der Waals surface area contributed by atoms with E-state index in [0.29, 0.717) is 26.4 Å². The first-order chi connectivity index (χ1) is 41.8. The highest BCUT2D eigenvalue weighted by atomic mass is 16.6. The largest absolute Gasteiger partial charge is 0.486 e. The van der Waals surface area contributed by atoms with Crippen LogP contribution in [0.3, 0.4) is 0 Å². The van der Waals surface area contributed by atoms with Crippen LogP contribution in [-0.2, 0) is 31.1 Å². The van der Waals surface area contributed by atoms with Crippen LogP contribution in [-0.4, -0.2) is 33.1 Å². The molecule has 5 heterocycles. The van der Waals surface area contributed by atoms with Crippen molar-refractivity contribution in [3.63, 3.8) is 0 Å². The summed E-state index contributed by atoms with van der Waals surface area (Å²) in [7, 11) is 0. The van der Waals surface area contributed by atoms with Gasteiger partial charge >= 0.3 is 0 Å². The average molecular weight is 1120 g/mol. The number of furan rings is 1. The summed E-state index contributed by atoms with van der Waals surface area (Å²) in [5.41, 5.74) is 26.5. The number of fused-ring (bicyclic) bond motifs is 13. The third-order valence-corrected chi connectivity index (χ3v) is 19.8. The molecule has 0 saturated heterocycles. The van der Waals surface area contributed by atoms with E-state index in [1.165, 1.54) is 72.3 Å². The van der Waals surface area contributed by atoms with Crippen molar-refractivity contribution >= 4 is 96.0 Å². The van der Waals surface area contributed by atoms with Crippen LogP contribution in [0.25, 0.3) is 44.2 Å². The lowest BCUT2D eigenvalue weighted by atomic mass is 9.33. The van der Waals surface area contributed by atoms with Crippen molar-refractivity contribution in [2.75, 3.05) is 41.1 Å². The van der Waals surface area contributed by atoms with Gasteiger partial charge in [0, 0.05) is 68.3 Å². The molecule has 3 aliphatic carbocycles. The third kappa shape index (κ3) is 7.55. The zero-order chi connectivity index (χ0) is 57.5. The third-order valence-electron chi connectivity index (χ3n) is 19.8. The quantitative estimate of drug-likeness (QED) is 0.153. The van der Waals surface area contributed by atoms with Gasteiger partial charge in [0.05, 0.1) is 11.4 Å². The predicted octanol–water partition coefficient (Wildman–Crippen LogP) is 16.9. The van der Waals surface area contributed by atoms with Gasteiger partial charge in [-0.05, 0) is 199 Å². The van der Waals surface area contributed by atoms with Gasteiger partial charge in [0.1, 0.15) is 37.8 Å². The van der Waals surface area contributed by atoms with Gasteiger partial charge in [-0.3, -0.25) is 0 Å². The van der Waals surface area contributed by atoms with Gasteiger partial charge in [-0.2, -0.15) is 0 Å². The molecule has 0 spiro atoms. The highest BCUT2D eigenvalue weighted by molar-refractivity contribution is 7.00. The van der Waals surface area contributed by atoms with Crippen LogP contribution in [0.1, 0.15) is 74.9 Å². The van der Waals surface area contributed by atoms with Gasteiger partial charge in [0.15, 0.2) is 23.0 Å². The standard InChI is InChI=1S/C77H64BN3O5/c1-75(2)41-49-18-20-54(31-50(49)42-75)80-64-33-52-44-76(3,4)43-51(52)32-62(64)78-63-39-72-73(85-28-27-84-72)40-65(63)81(56-22-24-69-71(38-56)83-26-25-82-69)67-37-57(36-66(80)74(67)78)79(55-21-23-59-58-12-8-9-13-60(58)77(5,6)61(59)35-55)53-19-17-45-29-48(16-15-46(45)30-53)70-34-47-11-7-10-14-68(47)86-70/h7-24,29-40H,25-28,41-44H2,1-6H3. The molecule has 10 aromatic carbocycles. The fraction of sp³-hybridized carbons (Fsp3) is 0.221. The van der Waals surface area contributed by atoms with Crippen molar-refractivity contribution in [3.8, 4) is 45.4 Å². The molecule has 86 heavy (non-hydrogen) atoms. The number of hydrogen-bond acceptors (Lipinski definition) is 8. The lowest BCUT2D eigenvalue weighted by molar-refractivity contribution is 0.171. The Bertz CT molecular complexity index is 4730. The average Bonchev–Trinajstić information content (AvgIpc) is 0.764. The maximum atomic E-state index is 6.56. The van der Waals surface area contributed by atoms with Crippen LogP contribution in [0.5, 0.6) is 23.0 Å². The summed E-state index contributed by atoms with van der Waals surface area (Å²) in [6.07, 6.45) is 4.14. The summed E-state index contributed by atoms with van der Waals surface area (Å²) in [6.45, 7) is 16.2. The maximum Gasteiger partial charge on any atom is 0.252 e. The fourth-order valence-corrected chi connectivity index (χ4v) is 16.0. The molecular formula is C77H64BN3O5. The SMILES string of the molecule is CC1(C)Cc2ccc(N3c4cc5c(cc4B4c6cc7c(cc6N(c6ccc8c(c6)OCCO8)c6cc(N(c8ccc9c(c8)C(C)(C)c8ccccc8-9)c8ccc9cc(-c%10cc%11ccccc%11o%10)ccc9c8)cc3c64)OCCO7)CC(C)(C)C5)cc2C1. The van der Waals surface area contributed by atoms with E-state index in [9.17, 15) is 0 Å². The zero-order valence-electron chi connectivity index (χ0n) is 49.4. The Morgan fingerprint density at radius 2 is 1.00 bits per heavy atom. The second-order valence-corrected chi connectivity index (χ2v) is 27.2. The minimum Gasteiger partial charge on any atom is -0.486 e. The Hall–Kier alpha value is -9.34. The maximum absolute atomic E-state index is 6.56. The smallest absolute Gasteiger partial charge is 0.252 e. The lowest BCUT2D eigenvalue weighted by Crippen LogP contribution is -2.61. The summed E-state index contributed by atoms with van der Waals surface area (Å²) >= 11 is 0. The Labute approximate surface area is 502 Å².